The van der Waals surface area contributed by atoms with Crippen molar-refractivity contribution in [2.45, 2.75) is 45.1 Å². The van der Waals surface area contributed by atoms with Gasteiger partial charge in [-0.3, -0.25) is 0 Å². The molecule has 20 heavy (non-hydrogen) atoms. The summed E-state index contributed by atoms with van der Waals surface area (Å²) in [6.45, 7) is 7.90. The predicted molar refractivity (Wildman–Crippen MR) is 62.1 cm³/mol. The summed E-state index contributed by atoms with van der Waals surface area (Å²) in [6, 6.07) is 0. The summed E-state index contributed by atoms with van der Waals surface area (Å²) < 4.78 is 36.8. The fourth-order valence-corrected chi connectivity index (χ4v) is 1.23. The number of carbonyl (C=O) groups is 2. The van der Waals surface area contributed by atoms with Crippen molar-refractivity contribution in [3.05, 3.63) is 0 Å². The highest BCUT2D eigenvalue weighted by Gasteiger charge is 2.41. The minimum absolute atomic E-state index is 0.348. The Balaban J connectivity index is 0.000000441. The van der Waals surface area contributed by atoms with Gasteiger partial charge in [0.2, 0.25) is 0 Å². The summed E-state index contributed by atoms with van der Waals surface area (Å²) in [5.74, 6) is -2.76. The van der Waals surface area contributed by atoms with E-state index >= 15 is 0 Å². The Kier molecular flexibility index (Phi) is 5.42. The van der Waals surface area contributed by atoms with Gasteiger partial charge in [-0.1, -0.05) is 0 Å². The first-order valence-electron chi connectivity index (χ1n) is 5.64. The van der Waals surface area contributed by atoms with Crippen LogP contribution in [-0.4, -0.2) is 57.6 Å². The van der Waals surface area contributed by atoms with Crippen molar-refractivity contribution in [1.29, 1.82) is 0 Å². The molecule has 1 aliphatic heterocycles. The molecular formula is C11H18F3NO5. The van der Waals surface area contributed by atoms with Crippen molar-refractivity contribution < 1.29 is 37.7 Å². The molecule has 6 nitrogen and oxygen atoms in total. The van der Waals surface area contributed by atoms with E-state index in [4.69, 9.17) is 14.6 Å². The fourth-order valence-electron chi connectivity index (χ4n) is 1.23. The van der Waals surface area contributed by atoms with Crippen LogP contribution in [0, 0.1) is 0 Å². The predicted octanol–water partition coefficient (Wildman–Crippen LogP) is 1.62. The average molecular weight is 301 g/mol. The second-order valence-electron chi connectivity index (χ2n) is 5.64. The van der Waals surface area contributed by atoms with Crippen LogP contribution in [-0.2, 0) is 9.53 Å². The molecule has 0 bridgehead atoms. The third kappa shape index (κ3) is 7.17. The minimum atomic E-state index is -5.08. The lowest BCUT2D eigenvalue weighted by Crippen LogP contribution is -2.62. The van der Waals surface area contributed by atoms with E-state index in [-0.39, 0.29) is 6.09 Å². The van der Waals surface area contributed by atoms with Crippen molar-refractivity contribution in [3.8, 4) is 0 Å². The number of likely N-dealkylation sites (tertiary alicyclic amines) is 1. The van der Waals surface area contributed by atoms with Gasteiger partial charge in [0.15, 0.2) is 0 Å². The number of carbonyl (C=O) groups excluding carboxylic acids is 1. The lowest BCUT2D eigenvalue weighted by Gasteiger charge is -2.44. The van der Waals surface area contributed by atoms with Crippen LogP contribution in [0.1, 0.15) is 27.7 Å². The maximum absolute atomic E-state index is 11.3. The zero-order chi connectivity index (χ0) is 16.4. The molecule has 0 aliphatic carbocycles. The Hall–Kier alpha value is -1.51. The van der Waals surface area contributed by atoms with Gasteiger partial charge in [0.25, 0.3) is 0 Å². The molecule has 0 aromatic carbocycles. The van der Waals surface area contributed by atoms with E-state index in [1.807, 2.05) is 20.8 Å². The summed E-state index contributed by atoms with van der Waals surface area (Å²) >= 11 is 0. The molecule has 0 aromatic rings. The first-order valence-corrected chi connectivity index (χ1v) is 5.64. The van der Waals surface area contributed by atoms with Crippen LogP contribution < -0.4 is 0 Å². The van der Waals surface area contributed by atoms with Crippen molar-refractivity contribution in [1.82, 2.24) is 4.90 Å². The number of nitrogens with zero attached hydrogens (tertiary/aromatic N) is 1. The van der Waals surface area contributed by atoms with E-state index < -0.39 is 23.3 Å². The van der Waals surface area contributed by atoms with Gasteiger partial charge in [-0.15, -0.1) is 0 Å². The topological polar surface area (TPSA) is 87.1 Å². The Morgan fingerprint density at radius 3 is 1.75 bits per heavy atom. The molecule has 2 N–H and O–H groups in total. The molecule has 1 fully saturated rings. The Labute approximate surface area is 114 Å². The largest absolute Gasteiger partial charge is 0.490 e. The molecule has 0 saturated carbocycles. The van der Waals surface area contributed by atoms with Crippen LogP contribution >= 0.6 is 0 Å². The van der Waals surface area contributed by atoms with Crippen molar-refractivity contribution in [2.75, 3.05) is 13.1 Å². The van der Waals surface area contributed by atoms with Crippen molar-refractivity contribution in [3.63, 3.8) is 0 Å². The van der Waals surface area contributed by atoms with Gasteiger partial charge in [0.05, 0.1) is 18.7 Å². The number of β-amino-alcohol motifs (C(OH)–C–C–N with tert-alkyl or cyclic N) is 1. The first kappa shape index (κ1) is 18.5. The zero-order valence-corrected chi connectivity index (χ0v) is 11.6. The number of halogens is 3. The van der Waals surface area contributed by atoms with E-state index in [2.05, 4.69) is 0 Å². The number of hydrogen-bond donors (Lipinski definition) is 2. The van der Waals surface area contributed by atoms with Crippen molar-refractivity contribution in [2.24, 2.45) is 0 Å². The van der Waals surface area contributed by atoms with Gasteiger partial charge in [-0.05, 0) is 27.7 Å². The van der Waals surface area contributed by atoms with Gasteiger partial charge in [0, 0.05) is 0 Å². The Bertz CT molecular complexity index is 365. The number of alkyl halides is 3. The van der Waals surface area contributed by atoms with E-state index in [1.54, 1.807) is 6.92 Å². The number of carboxylic acids is 1. The Morgan fingerprint density at radius 2 is 1.55 bits per heavy atom. The number of rotatable bonds is 0. The van der Waals surface area contributed by atoms with Crippen LogP contribution in [0.5, 0.6) is 0 Å². The van der Waals surface area contributed by atoms with Crippen LogP contribution in [0.3, 0.4) is 0 Å². The van der Waals surface area contributed by atoms with E-state index in [0.29, 0.717) is 13.1 Å². The summed E-state index contributed by atoms with van der Waals surface area (Å²) in [5.41, 5.74) is -1.19. The Morgan fingerprint density at radius 1 is 1.20 bits per heavy atom. The molecule has 0 aromatic heterocycles. The lowest BCUT2D eigenvalue weighted by molar-refractivity contribution is -0.192. The molecule has 1 saturated heterocycles. The molecule has 1 rings (SSSR count). The molecular weight excluding hydrogens is 283 g/mol. The van der Waals surface area contributed by atoms with E-state index in [1.165, 1.54) is 4.90 Å². The third-order valence-corrected chi connectivity index (χ3v) is 1.96. The number of ether oxygens (including phenoxy) is 1. The SMILES string of the molecule is CC1(O)CN(C(=O)OC(C)(C)C)C1.O=C(O)C(F)(F)F. The maximum Gasteiger partial charge on any atom is 0.490 e. The van der Waals surface area contributed by atoms with Gasteiger partial charge in [-0.2, -0.15) is 13.2 Å². The molecule has 9 heteroatoms. The number of hydrogen-bond acceptors (Lipinski definition) is 4. The molecule has 0 unspecified atom stereocenters. The first-order chi connectivity index (χ1) is 8.64. The maximum atomic E-state index is 11.3. The molecule has 0 radical (unpaired) electrons. The summed E-state index contributed by atoms with van der Waals surface area (Å²) in [4.78, 5) is 21.7. The minimum Gasteiger partial charge on any atom is -0.475 e. The number of amides is 1. The van der Waals surface area contributed by atoms with Gasteiger partial charge >= 0.3 is 18.2 Å². The highest BCUT2D eigenvalue weighted by molar-refractivity contribution is 5.73. The smallest absolute Gasteiger partial charge is 0.475 e. The molecule has 1 amide bonds. The van der Waals surface area contributed by atoms with E-state index in [9.17, 15) is 23.1 Å². The van der Waals surface area contributed by atoms with Gasteiger partial charge in [-0.25, -0.2) is 9.59 Å². The molecule has 118 valence electrons. The normalized spacial score (nSPS) is 17.5. The molecule has 1 aliphatic rings. The average Bonchev–Trinajstić information content (AvgIpc) is 2.10. The number of aliphatic hydroxyl groups is 1. The number of carboxylic acid groups (broad SMARTS) is 1. The van der Waals surface area contributed by atoms with Gasteiger partial charge in [0.1, 0.15) is 5.60 Å². The quantitative estimate of drug-likeness (QED) is 0.710. The summed E-state index contributed by atoms with van der Waals surface area (Å²) in [5, 5.41) is 16.5. The van der Waals surface area contributed by atoms with Crippen LogP contribution in [0.25, 0.3) is 0 Å². The monoisotopic (exact) mass is 301 g/mol. The van der Waals surface area contributed by atoms with E-state index in [0.717, 1.165) is 0 Å². The highest BCUT2D eigenvalue weighted by Crippen LogP contribution is 2.22. The fraction of sp³-hybridized carbons (Fsp3) is 0.818. The standard InChI is InChI=1S/C9H17NO3.C2HF3O2/c1-8(2,3)13-7(11)10-5-9(4,12)6-10;3-2(4,5)1(6)7/h12H,5-6H2,1-4H3;(H,6,7). The van der Waals surface area contributed by atoms with Crippen molar-refractivity contribution >= 4 is 12.1 Å². The second-order valence-corrected chi connectivity index (χ2v) is 5.64. The highest BCUT2D eigenvalue weighted by atomic mass is 19.4. The van der Waals surface area contributed by atoms with Crippen LogP contribution in [0.4, 0.5) is 18.0 Å². The molecule has 0 spiro atoms. The van der Waals surface area contributed by atoms with Gasteiger partial charge < -0.3 is 19.8 Å². The third-order valence-electron chi connectivity index (χ3n) is 1.96. The molecule has 0 atom stereocenters. The van der Waals surface area contributed by atoms with Crippen LogP contribution in [0.2, 0.25) is 0 Å². The lowest BCUT2D eigenvalue weighted by atomic mass is 9.98. The summed E-state index contributed by atoms with van der Waals surface area (Å²) in [7, 11) is 0. The second kappa shape index (κ2) is 5.86. The number of aliphatic carboxylic acids is 1. The zero-order valence-electron chi connectivity index (χ0n) is 11.6. The summed E-state index contributed by atoms with van der Waals surface area (Å²) in [6.07, 6.45) is -5.43. The molecule has 1 heterocycles. The van der Waals surface area contributed by atoms with Crippen LogP contribution in [0.15, 0.2) is 0 Å².